The van der Waals surface area contributed by atoms with Crippen LogP contribution in [-0.4, -0.2) is 47.9 Å². The van der Waals surface area contributed by atoms with E-state index in [2.05, 4.69) is 17.6 Å². The number of hydrogen-bond donors (Lipinski definition) is 2. The number of hydrogen-bond acceptors (Lipinski definition) is 3. The molecule has 0 bridgehead atoms. The Kier molecular flexibility index (Phi) is 4.48. The Bertz CT molecular complexity index is 404. The third kappa shape index (κ3) is 3.39. The second-order valence-corrected chi connectivity index (χ2v) is 6.99. The average Bonchev–Trinajstić information content (AvgIpc) is 2.48. The molecule has 3 aliphatic rings. The minimum Gasteiger partial charge on any atom is -0.350 e. The van der Waals surface area contributed by atoms with Gasteiger partial charge in [-0.3, -0.25) is 9.59 Å². The lowest BCUT2D eigenvalue weighted by atomic mass is 9.87. The molecule has 2 saturated heterocycles. The quantitative estimate of drug-likeness (QED) is 0.799. The van der Waals surface area contributed by atoms with Gasteiger partial charge in [0.1, 0.15) is 0 Å². The summed E-state index contributed by atoms with van der Waals surface area (Å²) in [7, 11) is 0. The van der Waals surface area contributed by atoms with Crippen molar-refractivity contribution in [2.24, 2.45) is 5.92 Å². The van der Waals surface area contributed by atoms with Gasteiger partial charge >= 0.3 is 0 Å². The summed E-state index contributed by atoms with van der Waals surface area (Å²) >= 11 is 0. The largest absolute Gasteiger partial charge is 0.350 e. The van der Waals surface area contributed by atoms with Gasteiger partial charge < -0.3 is 15.5 Å². The molecule has 118 valence electrons. The topological polar surface area (TPSA) is 61.4 Å². The van der Waals surface area contributed by atoms with E-state index >= 15 is 0 Å². The summed E-state index contributed by atoms with van der Waals surface area (Å²) in [6.45, 7) is 3.93. The van der Waals surface area contributed by atoms with Crippen LogP contribution >= 0.6 is 0 Å². The monoisotopic (exact) mass is 293 g/mol. The lowest BCUT2D eigenvalue weighted by Crippen LogP contribution is -2.65. The molecule has 1 saturated carbocycles. The average molecular weight is 293 g/mol. The van der Waals surface area contributed by atoms with Crippen LogP contribution in [0.1, 0.15) is 51.9 Å². The van der Waals surface area contributed by atoms with Crippen molar-refractivity contribution in [2.75, 3.05) is 13.1 Å². The van der Waals surface area contributed by atoms with Gasteiger partial charge in [-0.25, -0.2) is 0 Å². The molecule has 5 nitrogen and oxygen atoms in total. The molecule has 21 heavy (non-hydrogen) atoms. The molecular weight excluding hydrogens is 266 g/mol. The molecule has 0 aromatic rings. The van der Waals surface area contributed by atoms with E-state index in [0.29, 0.717) is 18.4 Å². The molecule has 5 heteroatoms. The molecule has 2 aliphatic heterocycles. The van der Waals surface area contributed by atoms with E-state index in [-0.39, 0.29) is 23.9 Å². The fourth-order valence-corrected chi connectivity index (χ4v) is 3.83. The predicted octanol–water partition coefficient (Wildman–Crippen LogP) is 1.03. The Morgan fingerprint density at radius 1 is 1.14 bits per heavy atom. The number of piperazine rings is 1. The van der Waals surface area contributed by atoms with Gasteiger partial charge in [-0.15, -0.1) is 0 Å². The van der Waals surface area contributed by atoms with Crippen molar-refractivity contribution in [3.8, 4) is 0 Å². The van der Waals surface area contributed by atoms with E-state index in [4.69, 9.17) is 0 Å². The Balaban J connectivity index is 1.54. The van der Waals surface area contributed by atoms with E-state index in [1.807, 2.05) is 4.90 Å². The first-order valence-corrected chi connectivity index (χ1v) is 8.47. The zero-order valence-electron chi connectivity index (χ0n) is 12.9. The van der Waals surface area contributed by atoms with Crippen LogP contribution in [0.3, 0.4) is 0 Å². The first-order valence-electron chi connectivity index (χ1n) is 8.47. The molecule has 0 radical (unpaired) electrons. The Hall–Kier alpha value is -1.10. The molecule has 1 aliphatic carbocycles. The number of nitrogens with zero attached hydrogens (tertiary/aromatic N) is 1. The van der Waals surface area contributed by atoms with Crippen molar-refractivity contribution in [1.82, 2.24) is 15.5 Å². The Labute approximate surface area is 126 Å². The van der Waals surface area contributed by atoms with Crippen LogP contribution in [0.2, 0.25) is 0 Å². The van der Waals surface area contributed by atoms with Crippen molar-refractivity contribution in [2.45, 2.75) is 70.0 Å². The summed E-state index contributed by atoms with van der Waals surface area (Å²) in [5, 5.41) is 6.54. The van der Waals surface area contributed by atoms with Crippen LogP contribution in [0.25, 0.3) is 0 Å². The molecule has 2 amide bonds. The van der Waals surface area contributed by atoms with Crippen molar-refractivity contribution in [1.29, 1.82) is 0 Å². The molecule has 0 aromatic heterocycles. The summed E-state index contributed by atoms with van der Waals surface area (Å²) in [6.07, 6.45) is 7.06. The van der Waals surface area contributed by atoms with E-state index in [0.717, 1.165) is 38.8 Å². The fourth-order valence-electron chi connectivity index (χ4n) is 3.83. The van der Waals surface area contributed by atoms with Crippen LogP contribution in [0, 0.1) is 5.92 Å². The predicted molar refractivity (Wildman–Crippen MR) is 80.7 cm³/mol. The standard InChI is InChI=1S/C16H27N3O2/c1-11-6-8-19(9-7-11)15(20)10-14-16(21)18-13-5-3-2-4-12(13)17-14/h11-14,17H,2-10H2,1H3,(H,18,21)/t12-,13+,14+/m1/s1. The molecule has 3 rings (SSSR count). The van der Waals surface area contributed by atoms with Crippen molar-refractivity contribution in [3.05, 3.63) is 0 Å². The number of fused-ring (bicyclic) bond motifs is 1. The zero-order valence-corrected chi connectivity index (χ0v) is 12.9. The van der Waals surface area contributed by atoms with Gasteiger partial charge in [-0.05, 0) is 31.6 Å². The van der Waals surface area contributed by atoms with Gasteiger partial charge in [0.2, 0.25) is 11.8 Å². The summed E-state index contributed by atoms with van der Waals surface area (Å²) in [5.41, 5.74) is 0. The number of likely N-dealkylation sites (tertiary alicyclic amines) is 1. The maximum atomic E-state index is 12.4. The zero-order chi connectivity index (χ0) is 14.8. The summed E-state index contributed by atoms with van der Waals surface area (Å²) in [4.78, 5) is 26.5. The van der Waals surface area contributed by atoms with Crippen LogP contribution in [0.5, 0.6) is 0 Å². The lowest BCUT2D eigenvalue weighted by Gasteiger charge is -2.41. The minimum atomic E-state index is -0.337. The molecule has 0 aromatic carbocycles. The Morgan fingerprint density at radius 2 is 1.81 bits per heavy atom. The van der Waals surface area contributed by atoms with Crippen LogP contribution in [0.4, 0.5) is 0 Å². The molecule has 0 spiro atoms. The minimum absolute atomic E-state index is 0.0110. The maximum Gasteiger partial charge on any atom is 0.237 e. The smallest absolute Gasteiger partial charge is 0.237 e. The normalized spacial score (nSPS) is 34.2. The molecular formula is C16H27N3O2. The molecule has 2 N–H and O–H groups in total. The van der Waals surface area contributed by atoms with Crippen molar-refractivity contribution in [3.63, 3.8) is 0 Å². The molecule has 3 fully saturated rings. The number of rotatable bonds is 2. The first-order chi connectivity index (χ1) is 10.1. The van der Waals surface area contributed by atoms with Crippen molar-refractivity contribution < 1.29 is 9.59 Å². The summed E-state index contributed by atoms with van der Waals surface area (Å²) < 4.78 is 0. The summed E-state index contributed by atoms with van der Waals surface area (Å²) in [5.74, 6) is 0.855. The molecule has 3 atom stereocenters. The van der Waals surface area contributed by atoms with Gasteiger partial charge in [-0.1, -0.05) is 19.8 Å². The van der Waals surface area contributed by atoms with Crippen LogP contribution in [0.15, 0.2) is 0 Å². The highest BCUT2D eigenvalue weighted by Gasteiger charge is 2.37. The maximum absolute atomic E-state index is 12.4. The molecule has 0 unspecified atom stereocenters. The Morgan fingerprint density at radius 3 is 2.52 bits per heavy atom. The number of carbonyl (C=O) groups excluding carboxylic acids is 2. The SMILES string of the molecule is CC1CCN(C(=O)C[C@@H]2N[C@@H]3CCCC[C@@H]3NC2=O)CC1. The summed E-state index contributed by atoms with van der Waals surface area (Å²) in [6, 6.07) is 0.292. The third-order valence-corrected chi connectivity index (χ3v) is 5.34. The van der Waals surface area contributed by atoms with Gasteiger partial charge in [0, 0.05) is 25.2 Å². The number of nitrogens with one attached hydrogen (secondary N) is 2. The highest BCUT2D eigenvalue weighted by Crippen LogP contribution is 2.23. The second kappa shape index (κ2) is 6.34. The van der Waals surface area contributed by atoms with E-state index in [1.54, 1.807) is 0 Å². The van der Waals surface area contributed by atoms with E-state index < -0.39 is 0 Å². The lowest BCUT2D eigenvalue weighted by molar-refractivity contribution is -0.137. The van der Waals surface area contributed by atoms with Crippen LogP contribution in [-0.2, 0) is 9.59 Å². The highest BCUT2D eigenvalue weighted by atomic mass is 16.2. The van der Waals surface area contributed by atoms with Gasteiger partial charge in [-0.2, -0.15) is 0 Å². The first kappa shape index (κ1) is 14.8. The third-order valence-electron chi connectivity index (χ3n) is 5.34. The van der Waals surface area contributed by atoms with Gasteiger partial charge in [0.05, 0.1) is 12.5 Å². The highest BCUT2D eigenvalue weighted by molar-refractivity contribution is 5.89. The van der Waals surface area contributed by atoms with Gasteiger partial charge in [0.25, 0.3) is 0 Å². The molecule has 2 heterocycles. The second-order valence-electron chi connectivity index (χ2n) is 6.99. The fraction of sp³-hybridized carbons (Fsp3) is 0.875. The van der Waals surface area contributed by atoms with E-state index in [1.165, 1.54) is 12.8 Å². The number of piperidine rings is 1. The number of amides is 2. The number of carbonyl (C=O) groups is 2. The van der Waals surface area contributed by atoms with E-state index in [9.17, 15) is 9.59 Å². The van der Waals surface area contributed by atoms with Crippen molar-refractivity contribution >= 4 is 11.8 Å². The van der Waals surface area contributed by atoms with Crippen LogP contribution < -0.4 is 10.6 Å². The van der Waals surface area contributed by atoms with Gasteiger partial charge in [0.15, 0.2) is 0 Å².